The lowest BCUT2D eigenvalue weighted by atomic mass is 9.52. The number of hydrogen-bond acceptors (Lipinski definition) is 1. The van der Waals surface area contributed by atoms with Gasteiger partial charge in [0.15, 0.2) is 0 Å². The molecule has 1 nitrogen and oxygen atoms in total. The lowest BCUT2D eigenvalue weighted by Gasteiger charge is -2.64. The molecule has 4 aliphatic rings. The van der Waals surface area contributed by atoms with Gasteiger partial charge in [-0.05, 0) is 51.2 Å². The van der Waals surface area contributed by atoms with Crippen molar-refractivity contribution in [3.8, 4) is 0 Å². The summed E-state index contributed by atoms with van der Waals surface area (Å²) in [4.78, 5) is 2.58. The number of nitrogens with zero attached hydrogens (tertiary/aromatic N) is 1. The fourth-order valence-electron chi connectivity index (χ4n) is 4.41. The predicted octanol–water partition coefficient (Wildman–Crippen LogP) is 3.96. The van der Waals surface area contributed by atoms with E-state index in [1.165, 1.54) is 25.7 Å². The van der Waals surface area contributed by atoms with Crippen molar-refractivity contribution in [3.05, 3.63) is 47.7 Å². The van der Waals surface area contributed by atoms with Crippen molar-refractivity contribution < 1.29 is 0 Å². The Morgan fingerprint density at radius 3 is 2.72 bits per heavy atom. The zero-order valence-corrected chi connectivity index (χ0v) is 11.3. The molecule has 0 aromatic heterocycles. The second kappa shape index (κ2) is 3.20. The van der Waals surface area contributed by atoms with Crippen molar-refractivity contribution in [2.24, 2.45) is 5.41 Å². The van der Waals surface area contributed by atoms with Crippen LogP contribution in [0.4, 0.5) is 0 Å². The highest BCUT2D eigenvalue weighted by molar-refractivity contribution is 5.51. The molecule has 0 fully saturated rings. The molecule has 0 radical (unpaired) electrons. The summed E-state index contributed by atoms with van der Waals surface area (Å²) in [5.74, 6) is 0. The van der Waals surface area contributed by atoms with E-state index in [2.05, 4.69) is 55.3 Å². The zero-order valence-electron chi connectivity index (χ0n) is 11.3. The number of rotatable bonds is 0. The fourth-order valence-corrected chi connectivity index (χ4v) is 4.41. The molecular formula is C17H21N. The molecule has 3 atom stereocenters. The van der Waals surface area contributed by atoms with Gasteiger partial charge in [-0.25, -0.2) is 0 Å². The SMILES string of the molecule is CC12C=CC1(C)N1C=CC=CC1C1=C2CCCC1. The number of allylic oxidation sites excluding steroid dienone is 2. The van der Waals surface area contributed by atoms with E-state index >= 15 is 0 Å². The maximum Gasteiger partial charge on any atom is 0.0696 e. The van der Waals surface area contributed by atoms with Crippen LogP contribution in [0.25, 0.3) is 0 Å². The predicted molar refractivity (Wildman–Crippen MR) is 75.1 cm³/mol. The highest BCUT2D eigenvalue weighted by atomic mass is 15.2. The Kier molecular flexibility index (Phi) is 1.89. The second-order valence-electron chi connectivity index (χ2n) is 6.47. The first-order valence-corrected chi connectivity index (χ1v) is 7.23. The summed E-state index contributed by atoms with van der Waals surface area (Å²) in [6, 6.07) is 0.522. The molecule has 18 heavy (non-hydrogen) atoms. The summed E-state index contributed by atoms with van der Waals surface area (Å²) in [7, 11) is 0. The third-order valence-electron chi connectivity index (χ3n) is 5.77. The van der Waals surface area contributed by atoms with Gasteiger partial charge >= 0.3 is 0 Å². The van der Waals surface area contributed by atoms with Gasteiger partial charge < -0.3 is 4.90 Å². The van der Waals surface area contributed by atoms with Gasteiger partial charge in [-0.3, -0.25) is 0 Å². The summed E-state index contributed by atoms with van der Waals surface area (Å²) in [5.41, 5.74) is 3.93. The first-order chi connectivity index (χ1) is 8.67. The molecule has 2 aliphatic heterocycles. The Hall–Kier alpha value is -1.24. The zero-order chi connectivity index (χ0) is 12.4. The van der Waals surface area contributed by atoms with Crippen LogP contribution < -0.4 is 0 Å². The normalized spacial score (nSPS) is 44.3. The molecule has 0 bridgehead atoms. The number of fused-ring (bicyclic) bond motifs is 5. The van der Waals surface area contributed by atoms with E-state index in [1.54, 1.807) is 11.1 Å². The summed E-state index contributed by atoms with van der Waals surface area (Å²) >= 11 is 0. The molecule has 1 heteroatoms. The topological polar surface area (TPSA) is 3.24 Å². The highest BCUT2D eigenvalue weighted by Gasteiger charge is 2.58. The van der Waals surface area contributed by atoms with E-state index in [0.29, 0.717) is 6.04 Å². The first kappa shape index (κ1) is 10.7. The molecular weight excluding hydrogens is 218 g/mol. The molecule has 2 aliphatic carbocycles. The van der Waals surface area contributed by atoms with Crippen LogP contribution in [0.3, 0.4) is 0 Å². The molecule has 0 amide bonds. The summed E-state index contributed by atoms with van der Waals surface area (Å²) in [5, 5.41) is 0. The van der Waals surface area contributed by atoms with Crippen LogP contribution in [0, 0.1) is 5.41 Å². The van der Waals surface area contributed by atoms with Gasteiger partial charge in [0.25, 0.3) is 0 Å². The first-order valence-electron chi connectivity index (χ1n) is 7.23. The molecule has 0 spiro atoms. The van der Waals surface area contributed by atoms with Crippen LogP contribution >= 0.6 is 0 Å². The fraction of sp³-hybridized carbons (Fsp3) is 0.529. The molecule has 2 heterocycles. The van der Waals surface area contributed by atoms with Gasteiger partial charge in [0.1, 0.15) is 0 Å². The van der Waals surface area contributed by atoms with Crippen LogP contribution in [0.2, 0.25) is 0 Å². The summed E-state index contributed by atoms with van der Waals surface area (Å²) < 4.78 is 0. The minimum Gasteiger partial charge on any atom is -0.357 e. The van der Waals surface area contributed by atoms with Gasteiger partial charge in [0, 0.05) is 11.6 Å². The molecule has 0 aromatic carbocycles. The molecule has 4 rings (SSSR count). The van der Waals surface area contributed by atoms with E-state index in [-0.39, 0.29) is 11.0 Å². The van der Waals surface area contributed by atoms with Crippen molar-refractivity contribution >= 4 is 0 Å². The number of hydrogen-bond donors (Lipinski definition) is 0. The molecule has 0 aromatic rings. The van der Waals surface area contributed by atoms with E-state index in [4.69, 9.17) is 0 Å². The lowest BCUT2D eigenvalue weighted by molar-refractivity contribution is 0.0552. The average Bonchev–Trinajstić information content (AvgIpc) is 2.43. The average molecular weight is 239 g/mol. The van der Waals surface area contributed by atoms with Gasteiger partial charge in [0.2, 0.25) is 0 Å². The molecule has 3 unspecified atom stereocenters. The minimum atomic E-state index is 0.190. The third kappa shape index (κ3) is 1.00. The lowest BCUT2D eigenvalue weighted by Crippen LogP contribution is -2.65. The smallest absolute Gasteiger partial charge is 0.0696 e. The Morgan fingerprint density at radius 2 is 1.94 bits per heavy atom. The highest BCUT2D eigenvalue weighted by Crippen LogP contribution is 2.60. The quantitative estimate of drug-likeness (QED) is 0.578. The molecule has 0 N–H and O–H groups in total. The van der Waals surface area contributed by atoms with Crippen LogP contribution in [-0.2, 0) is 0 Å². The summed E-state index contributed by atoms with van der Waals surface area (Å²) in [6.45, 7) is 4.85. The van der Waals surface area contributed by atoms with Crippen LogP contribution in [-0.4, -0.2) is 16.5 Å². The Bertz CT molecular complexity index is 522. The monoisotopic (exact) mass is 239 g/mol. The standard InChI is InChI=1S/C17H21N/c1-16-10-11-17(16,2)18-12-6-5-9-15(18)13-7-3-4-8-14(13)16/h5-6,9-12,15H,3-4,7-8H2,1-2H3. The Morgan fingerprint density at radius 1 is 1.11 bits per heavy atom. The molecule has 0 saturated carbocycles. The van der Waals surface area contributed by atoms with Crippen LogP contribution in [0.15, 0.2) is 47.7 Å². The van der Waals surface area contributed by atoms with Crippen LogP contribution in [0.1, 0.15) is 39.5 Å². The third-order valence-corrected chi connectivity index (χ3v) is 5.77. The Labute approximate surface area is 110 Å². The second-order valence-corrected chi connectivity index (χ2v) is 6.47. The van der Waals surface area contributed by atoms with E-state index in [1.807, 2.05) is 0 Å². The van der Waals surface area contributed by atoms with Gasteiger partial charge in [-0.2, -0.15) is 0 Å². The Balaban J connectivity index is 1.94. The van der Waals surface area contributed by atoms with E-state index in [9.17, 15) is 0 Å². The van der Waals surface area contributed by atoms with Crippen molar-refractivity contribution in [2.45, 2.75) is 51.1 Å². The largest absolute Gasteiger partial charge is 0.357 e. The van der Waals surface area contributed by atoms with Crippen molar-refractivity contribution in [3.63, 3.8) is 0 Å². The maximum atomic E-state index is 2.58. The molecule has 0 saturated heterocycles. The van der Waals surface area contributed by atoms with E-state index in [0.717, 1.165) is 0 Å². The van der Waals surface area contributed by atoms with Crippen LogP contribution in [0.5, 0.6) is 0 Å². The summed E-state index contributed by atoms with van der Waals surface area (Å²) in [6.07, 6.45) is 19.3. The van der Waals surface area contributed by atoms with Gasteiger partial charge in [0.05, 0.1) is 11.6 Å². The van der Waals surface area contributed by atoms with Gasteiger partial charge in [-0.1, -0.05) is 29.9 Å². The van der Waals surface area contributed by atoms with E-state index < -0.39 is 0 Å². The van der Waals surface area contributed by atoms with Crippen molar-refractivity contribution in [1.82, 2.24) is 4.90 Å². The van der Waals surface area contributed by atoms with Gasteiger partial charge in [-0.15, -0.1) is 0 Å². The minimum absolute atomic E-state index is 0.190. The van der Waals surface area contributed by atoms with Crippen molar-refractivity contribution in [1.29, 1.82) is 0 Å². The molecule has 94 valence electrons. The maximum absolute atomic E-state index is 2.58. The van der Waals surface area contributed by atoms with Crippen molar-refractivity contribution in [2.75, 3.05) is 0 Å².